The molecule has 3 atom stereocenters. The molecule has 2 aliphatic rings. The third kappa shape index (κ3) is 5.63. The van der Waals surface area contributed by atoms with Gasteiger partial charge in [0.2, 0.25) is 5.91 Å². The second kappa shape index (κ2) is 9.34. The zero-order valence-corrected chi connectivity index (χ0v) is 16.8. The van der Waals surface area contributed by atoms with Gasteiger partial charge < -0.3 is 10.2 Å². The van der Waals surface area contributed by atoms with Gasteiger partial charge in [-0.05, 0) is 43.7 Å². The van der Waals surface area contributed by atoms with Gasteiger partial charge in [0, 0.05) is 25.2 Å². The molecule has 0 saturated carbocycles. The fourth-order valence-electron chi connectivity index (χ4n) is 3.99. The van der Waals surface area contributed by atoms with Crippen molar-refractivity contribution in [1.82, 2.24) is 15.1 Å². The van der Waals surface area contributed by atoms with E-state index in [9.17, 15) is 22.8 Å². The molecule has 3 rings (SSSR count). The molecule has 29 heavy (non-hydrogen) atoms. The van der Waals surface area contributed by atoms with Crippen LogP contribution in [0.5, 0.6) is 0 Å². The van der Waals surface area contributed by atoms with Crippen LogP contribution in [0, 0.1) is 5.92 Å². The van der Waals surface area contributed by atoms with E-state index in [4.69, 9.17) is 11.6 Å². The molecule has 0 aromatic heterocycles. The fourth-order valence-corrected chi connectivity index (χ4v) is 4.41. The number of piperidine rings is 1. The van der Waals surface area contributed by atoms with E-state index in [-0.39, 0.29) is 31.3 Å². The zero-order valence-electron chi connectivity index (χ0n) is 16.0. The summed E-state index contributed by atoms with van der Waals surface area (Å²) in [6, 6.07) is 7.21. The lowest BCUT2D eigenvalue weighted by molar-refractivity contribution is -0.183. The Kier molecular flexibility index (Phi) is 7.05. The summed E-state index contributed by atoms with van der Waals surface area (Å²) in [6.07, 6.45) is -2.79. The zero-order chi connectivity index (χ0) is 21.0. The van der Waals surface area contributed by atoms with Crippen LogP contribution >= 0.6 is 11.6 Å². The second-order valence-electron chi connectivity index (χ2n) is 7.66. The monoisotopic (exact) mass is 431 g/mol. The smallest absolute Gasteiger partial charge is 0.352 e. The van der Waals surface area contributed by atoms with Crippen molar-refractivity contribution in [2.24, 2.45) is 5.92 Å². The molecule has 0 radical (unpaired) electrons. The molecule has 5 nitrogen and oxygen atoms in total. The van der Waals surface area contributed by atoms with E-state index in [0.29, 0.717) is 37.9 Å². The van der Waals surface area contributed by atoms with Crippen LogP contribution in [-0.2, 0) is 4.79 Å². The van der Waals surface area contributed by atoms with E-state index in [1.54, 1.807) is 29.2 Å². The lowest BCUT2D eigenvalue weighted by atomic mass is 9.96. The third-order valence-electron chi connectivity index (χ3n) is 5.63. The Labute approximate surface area is 173 Å². The highest BCUT2D eigenvalue weighted by atomic mass is 35.5. The first kappa shape index (κ1) is 21.9. The fraction of sp³-hybridized carbons (Fsp3) is 0.600. The number of likely N-dealkylation sites (tertiary alicyclic amines) is 2. The van der Waals surface area contributed by atoms with E-state index in [2.05, 4.69) is 5.32 Å². The molecule has 9 heteroatoms. The van der Waals surface area contributed by atoms with Gasteiger partial charge in [0.15, 0.2) is 0 Å². The van der Waals surface area contributed by atoms with Gasteiger partial charge in [0.25, 0.3) is 5.91 Å². The second-order valence-corrected chi connectivity index (χ2v) is 8.16. The number of alkyl halides is 4. The largest absolute Gasteiger partial charge is 0.408 e. The summed E-state index contributed by atoms with van der Waals surface area (Å²) >= 11 is 6.41. The van der Waals surface area contributed by atoms with Crippen LogP contribution in [0.2, 0.25) is 0 Å². The van der Waals surface area contributed by atoms with Crippen molar-refractivity contribution in [2.45, 2.75) is 43.4 Å². The highest BCUT2D eigenvalue weighted by Crippen LogP contribution is 2.33. The Morgan fingerprint density at radius 3 is 2.52 bits per heavy atom. The molecule has 1 N–H and O–H groups in total. The summed E-state index contributed by atoms with van der Waals surface area (Å²) in [6.45, 7) is 1.01. The highest BCUT2D eigenvalue weighted by molar-refractivity contribution is 6.20. The van der Waals surface area contributed by atoms with Crippen LogP contribution in [0.4, 0.5) is 13.2 Å². The van der Waals surface area contributed by atoms with E-state index in [1.807, 2.05) is 6.07 Å². The minimum Gasteiger partial charge on any atom is -0.352 e. The van der Waals surface area contributed by atoms with Crippen molar-refractivity contribution in [3.8, 4) is 0 Å². The Morgan fingerprint density at radius 2 is 1.86 bits per heavy atom. The average molecular weight is 432 g/mol. The van der Waals surface area contributed by atoms with Crippen LogP contribution < -0.4 is 5.32 Å². The minimum absolute atomic E-state index is 0.0390. The van der Waals surface area contributed by atoms with Gasteiger partial charge in [0.05, 0.1) is 12.0 Å². The quantitative estimate of drug-likeness (QED) is 0.575. The molecule has 0 unspecified atom stereocenters. The number of nitrogens with one attached hydrogen (secondary N) is 1. The van der Waals surface area contributed by atoms with Crippen molar-refractivity contribution in [3.63, 3.8) is 0 Å². The Hall–Kier alpha value is -1.80. The predicted molar refractivity (Wildman–Crippen MR) is 104 cm³/mol. The van der Waals surface area contributed by atoms with Gasteiger partial charge in [-0.2, -0.15) is 13.2 Å². The number of halogens is 4. The van der Waals surface area contributed by atoms with Crippen molar-refractivity contribution in [3.05, 3.63) is 35.9 Å². The van der Waals surface area contributed by atoms with Crippen LogP contribution in [0.15, 0.2) is 30.3 Å². The average Bonchev–Trinajstić information content (AvgIpc) is 3.19. The lowest BCUT2D eigenvalue weighted by Gasteiger charge is -2.37. The number of benzene rings is 1. The molecule has 1 aromatic carbocycles. The number of carbonyl (C=O) groups is 2. The molecular formula is C20H25ClF3N3O2. The van der Waals surface area contributed by atoms with Crippen LogP contribution in [0.25, 0.3) is 0 Å². The van der Waals surface area contributed by atoms with Crippen molar-refractivity contribution < 1.29 is 22.8 Å². The molecule has 2 amide bonds. The summed E-state index contributed by atoms with van der Waals surface area (Å²) in [4.78, 5) is 27.2. The first-order valence-electron chi connectivity index (χ1n) is 9.83. The lowest BCUT2D eigenvalue weighted by Crippen LogP contribution is -2.51. The summed E-state index contributed by atoms with van der Waals surface area (Å²) in [5.74, 6) is -0.515. The van der Waals surface area contributed by atoms with Crippen molar-refractivity contribution in [1.29, 1.82) is 0 Å². The maximum Gasteiger partial charge on any atom is 0.408 e. The van der Waals surface area contributed by atoms with Crippen LogP contribution in [-0.4, -0.2) is 65.5 Å². The number of hydrogen-bond acceptors (Lipinski definition) is 3. The molecule has 0 aliphatic carbocycles. The van der Waals surface area contributed by atoms with Crippen LogP contribution in [0.3, 0.4) is 0 Å². The normalized spacial score (nSPS) is 25.8. The maximum absolute atomic E-state index is 13.1. The minimum atomic E-state index is -4.39. The van der Waals surface area contributed by atoms with E-state index >= 15 is 0 Å². The van der Waals surface area contributed by atoms with Gasteiger partial charge in [0.1, 0.15) is 6.04 Å². The van der Waals surface area contributed by atoms with Crippen molar-refractivity contribution in [2.75, 3.05) is 26.2 Å². The third-order valence-corrected chi connectivity index (χ3v) is 6.08. The van der Waals surface area contributed by atoms with Gasteiger partial charge in [-0.25, -0.2) is 0 Å². The summed E-state index contributed by atoms with van der Waals surface area (Å²) in [7, 11) is 0. The first-order valence-corrected chi connectivity index (χ1v) is 10.3. The van der Waals surface area contributed by atoms with E-state index < -0.39 is 23.6 Å². The molecular weight excluding hydrogens is 407 g/mol. The number of amides is 2. The molecule has 1 aromatic rings. The van der Waals surface area contributed by atoms with Gasteiger partial charge in [-0.3, -0.25) is 14.5 Å². The molecule has 0 bridgehead atoms. The molecule has 2 aliphatic heterocycles. The number of nitrogens with zero attached hydrogens (tertiary/aromatic N) is 2. The van der Waals surface area contributed by atoms with Crippen molar-refractivity contribution >= 4 is 23.4 Å². The Balaban J connectivity index is 1.46. The SMILES string of the molecule is O=C(NC[C@@H]1CCN(CC(=O)N2CCC[C@@H]2C(F)(F)F)[C@H](Cl)C1)c1ccccc1. The molecule has 2 saturated heterocycles. The van der Waals surface area contributed by atoms with E-state index in [0.717, 1.165) is 4.90 Å². The standard InChI is InChI=1S/C20H25ClF3N3O2/c21-17-11-14(12-25-19(29)15-5-2-1-3-6-15)8-10-26(17)13-18(28)27-9-4-7-16(27)20(22,23)24/h1-3,5-6,14,16-17H,4,7-13H2,(H,25,29)/t14-,16-,17+/m1/s1. The molecule has 2 fully saturated rings. The highest BCUT2D eigenvalue weighted by Gasteiger charge is 2.48. The number of rotatable bonds is 5. The van der Waals surface area contributed by atoms with E-state index in [1.165, 1.54) is 0 Å². The topological polar surface area (TPSA) is 52.7 Å². The summed E-state index contributed by atoms with van der Waals surface area (Å²) < 4.78 is 39.2. The first-order chi connectivity index (χ1) is 13.8. The predicted octanol–water partition coefficient (Wildman–Crippen LogP) is 3.25. The van der Waals surface area contributed by atoms with Gasteiger partial charge >= 0.3 is 6.18 Å². The van der Waals surface area contributed by atoms with Gasteiger partial charge in [-0.15, -0.1) is 11.6 Å². The number of hydrogen-bond donors (Lipinski definition) is 1. The maximum atomic E-state index is 13.1. The van der Waals surface area contributed by atoms with Crippen LogP contribution in [0.1, 0.15) is 36.0 Å². The van der Waals surface area contributed by atoms with Gasteiger partial charge in [-0.1, -0.05) is 18.2 Å². The number of carbonyl (C=O) groups excluding carboxylic acids is 2. The molecule has 0 spiro atoms. The summed E-state index contributed by atoms with van der Waals surface area (Å²) in [5, 5.41) is 2.90. The molecule has 160 valence electrons. The summed E-state index contributed by atoms with van der Waals surface area (Å²) in [5.41, 5.74) is 0.140. The Morgan fingerprint density at radius 1 is 1.14 bits per heavy atom. The molecule has 2 heterocycles. The Bertz CT molecular complexity index is 717.